The molecule has 0 radical (unpaired) electrons. The van der Waals surface area contributed by atoms with Crippen LogP contribution in [0.4, 0.5) is 5.69 Å². The van der Waals surface area contributed by atoms with Gasteiger partial charge in [-0.05, 0) is 74.1 Å². The van der Waals surface area contributed by atoms with Crippen molar-refractivity contribution < 1.29 is 14.4 Å². The van der Waals surface area contributed by atoms with Gasteiger partial charge in [0.2, 0.25) is 11.8 Å². The number of nitrogens with zero attached hydrogens (tertiary/aromatic N) is 3. The molecule has 1 atom stereocenters. The van der Waals surface area contributed by atoms with E-state index < -0.39 is 5.92 Å². The lowest BCUT2D eigenvalue weighted by molar-refractivity contribution is -0.133. The molecule has 0 bridgehead atoms. The SMILES string of the molecule is CONC(=O)CC1C(=O)N(C2CCN(C3CCC(C(C)C)CC3)CC2)c2ccc(C#N)cc21. The summed E-state index contributed by atoms with van der Waals surface area (Å²) >= 11 is 0. The van der Waals surface area contributed by atoms with E-state index in [1.165, 1.54) is 32.8 Å². The predicted molar refractivity (Wildman–Crippen MR) is 126 cm³/mol. The molecule has 2 heterocycles. The van der Waals surface area contributed by atoms with Gasteiger partial charge in [-0.3, -0.25) is 14.4 Å². The molecule has 2 fully saturated rings. The Morgan fingerprint density at radius 1 is 1.15 bits per heavy atom. The zero-order valence-electron chi connectivity index (χ0n) is 20.0. The Balaban J connectivity index is 1.44. The molecule has 2 amide bonds. The van der Waals surface area contributed by atoms with Gasteiger partial charge in [-0.25, -0.2) is 5.48 Å². The highest BCUT2D eigenvalue weighted by Crippen LogP contribution is 2.43. The van der Waals surface area contributed by atoms with Crippen LogP contribution in [0.2, 0.25) is 0 Å². The molecule has 1 aromatic carbocycles. The number of amides is 2. The summed E-state index contributed by atoms with van der Waals surface area (Å²) in [7, 11) is 1.38. The molecular weight excluding hydrogens is 416 g/mol. The lowest BCUT2D eigenvalue weighted by Crippen LogP contribution is -2.50. The number of fused-ring (bicyclic) bond motifs is 1. The summed E-state index contributed by atoms with van der Waals surface area (Å²) in [5, 5.41) is 9.35. The van der Waals surface area contributed by atoms with E-state index in [9.17, 15) is 14.9 Å². The molecule has 0 aromatic heterocycles. The average molecular weight is 453 g/mol. The van der Waals surface area contributed by atoms with Crippen LogP contribution in [0.1, 0.15) is 75.8 Å². The first-order valence-electron chi connectivity index (χ1n) is 12.4. The molecule has 7 heteroatoms. The maximum absolute atomic E-state index is 13.5. The number of hydrogen-bond acceptors (Lipinski definition) is 5. The third-order valence-electron chi connectivity index (χ3n) is 8.00. The molecule has 1 saturated heterocycles. The van der Waals surface area contributed by atoms with Gasteiger partial charge in [-0.1, -0.05) is 13.8 Å². The molecule has 1 aliphatic carbocycles. The van der Waals surface area contributed by atoms with Crippen LogP contribution in [0.3, 0.4) is 0 Å². The number of nitriles is 1. The summed E-state index contributed by atoms with van der Waals surface area (Å²) in [4.78, 5) is 35.0. The van der Waals surface area contributed by atoms with Crippen LogP contribution in [0.15, 0.2) is 18.2 Å². The summed E-state index contributed by atoms with van der Waals surface area (Å²) in [5.41, 5.74) is 4.45. The maximum atomic E-state index is 13.5. The van der Waals surface area contributed by atoms with Crippen molar-refractivity contribution in [2.45, 2.75) is 76.8 Å². The van der Waals surface area contributed by atoms with Gasteiger partial charge in [-0.2, -0.15) is 5.26 Å². The lowest BCUT2D eigenvalue weighted by Gasteiger charge is -2.43. The van der Waals surface area contributed by atoms with Gasteiger partial charge < -0.3 is 9.80 Å². The number of carbonyl (C=O) groups is 2. The fourth-order valence-electron chi connectivity index (χ4n) is 6.10. The van der Waals surface area contributed by atoms with Crippen molar-refractivity contribution >= 4 is 17.5 Å². The van der Waals surface area contributed by atoms with Crippen LogP contribution in [-0.2, 0) is 14.4 Å². The Labute approximate surface area is 197 Å². The zero-order chi connectivity index (χ0) is 23.5. The first-order valence-corrected chi connectivity index (χ1v) is 12.4. The quantitative estimate of drug-likeness (QED) is 0.665. The van der Waals surface area contributed by atoms with E-state index in [-0.39, 0.29) is 24.3 Å². The smallest absolute Gasteiger partial charge is 0.244 e. The van der Waals surface area contributed by atoms with Gasteiger partial charge in [0.1, 0.15) is 0 Å². The first kappa shape index (κ1) is 23.7. The maximum Gasteiger partial charge on any atom is 0.244 e. The second kappa shape index (κ2) is 10.2. The average Bonchev–Trinajstić information content (AvgIpc) is 3.09. The molecule has 178 valence electrons. The number of rotatable bonds is 6. The summed E-state index contributed by atoms with van der Waals surface area (Å²) in [6, 6.07) is 8.36. The van der Waals surface area contributed by atoms with Crippen molar-refractivity contribution in [3.63, 3.8) is 0 Å². The van der Waals surface area contributed by atoms with Crippen molar-refractivity contribution in [3.05, 3.63) is 29.3 Å². The molecule has 1 unspecified atom stereocenters. The summed E-state index contributed by atoms with van der Waals surface area (Å²) in [6.07, 6.45) is 7.11. The van der Waals surface area contributed by atoms with Gasteiger partial charge >= 0.3 is 0 Å². The van der Waals surface area contributed by atoms with E-state index >= 15 is 0 Å². The molecule has 1 aromatic rings. The molecule has 2 aliphatic heterocycles. The Bertz CT molecular complexity index is 909. The normalized spacial score (nSPS) is 26.3. The lowest BCUT2D eigenvalue weighted by atomic mass is 9.79. The summed E-state index contributed by atoms with van der Waals surface area (Å²) in [5.74, 6) is 0.689. The van der Waals surface area contributed by atoms with E-state index in [1.807, 2.05) is 11.0 Å². The van der Waals surface area contributed by atoms with E-state index in [0.717, 1.165) is 49.0 Å². The predicted octanol–water partition coefficient (Wildman–Crippen LogP) is 3.74. The number of carbonyl (C=O) groups excluding carboxylic acids is 2. The van der Waals surface area contributed by atoms with Crippen LogP contribution >= 0.6 is 0 Å². The van der Waals surface area contributed by atoms with Gasteiger partial charge in [0.25, 0.3) is 0 Å². The van der Waals surface area contributed by atoms with Crippen molar-refractivity contribution in [2.75, 3.05) is 25.1 Å². The number of anilines is 1. The minimum absolute atomic E-state index is 0.0169. The molecular formula is C26H36N4O3. The van der Waals surface area contributed by atoms with Crippen molar-refractivity contribution in [2.24, 2.45) is 11.8 Å². The number of nitrogens with one attached hydrogen (secondary N) is 1. The number of hydroxylamine groups is 1. The Morgan fingerprint density at radius 3 is 2.45 bits per heavy atom. The number of piperidine rings is 1. The fraction of sp³-hybridized carbons (Fsp3) is 0.654. The summed E-state index contributed by atoms with van der Waals surface area (Å²) < 4.78 is 0. The minimum atomic E-state index is -0.576. The standard InChI is InChI=1S/C26H36N4O3/c1-17(2)19-5-7-20(8-6-19)29-12-10-21(11-13-29)30-24-9-4-18(16-27)14-22(24)23(26(30)32)15-25(31)28-33-3/h4,9,14,17,19-21,23H,5-8,10-13,15H2,1-3H3,(H,28,31). The third kappa shape index (κ3) is 4.92. The van der Waals surface area contributed by atoms with Crippen LogP contribution in [0, 0.1) is 23.2 Å². The Kier molecular flexibility index (Phi) is 7.35. The van der Waals surface area contributed by atoms with Crippen LogP contribution in [-0.4, -0.2) is 49.0 Å². The van der Waals surface area contributed by atoms with E-state index in [0.29, 0.717) is 11.6 Å². The number of likely N-dealkylation sites (tertiary alicyclic amines) is 1. The third-order valence-corrected chi connectivity index (χ3v) is 8.00. The highest BCUT2D eigenvalue weighted by molar-refractivity contribution is 6.07. The van der Waals surface area contributed by atoms with Gasteiger partial charge in [0.05, 0.1) is 24.7 Å². The highest BCUT2D eigenvalue weighted by atomic mass is 16.6. The summed E-state index contributed by atoms with van der Waals surface area (Å²) in [6.45, 7) is 6.69. The zero-order valence-corrected chi connectivity index (χ0v) is 20.0. The second-order valence-corrected chi connectivity index (χ2v) is 10.2. The molecule has 4 rings (SSSR count). The highest BCUT2D eigenvalue weighted by Gasteiger charge is 2.43. The molecule has 1 saturated carbocycles. The van der Waals surface area contributed by atoms with Gasteiger partial charge in [0, 0.05) is 37.3 Å². The second-order valence-electron chi connectivity index (χ2n) is 10.2. The first-order chi connectivity index (χ1) is 15.9. The largest absolute Gasteiger partial charge is 0.308 e. The molecule has 1 N–H and O–H groups in total. The molecule has 33 heavy (non-hydrogen) atoms. The van der Waals surface area contributed by atoms with E-state index in [2.05, 4.69) is 30.3 Å². The van der Waals surface area contributed by atoms with Gasteiger partial charge in [0.15, 0.2) is 0 Å². The molecule has 3 aliphatic rings. The van der Waals surface area contributed by atoms with E-state index in [4.69, 9.17) is 4.84 Å². The Morgan fingerprint density at radius 2 is 1.85 bits per heavy atom. The van der Waals surface area contributed by atoms with Gasteiger partial charge in [-0.15, -0.1) is 0 Å². The van der Waals surface area contributed by atoms with Crippen molar-refractivity contribution in [1.29, 1.82) is 5.26 Å². The van der Waals surface area contributed by atoms with Crippen LogP contribution < -0.4 is 10.4 Å². The topological polar surface area (TPSA) is 85.7 Å². The molecule has 0 spiro atoms. The van der Waals surface area contributed by atoms with Crippen molar-refractivity contribution in [3.8, 4) is 6.07 Å². The van der Waals surface area contributed by atoms with E-state index in [1.54, 1.807) is 12.1 Å². The Hall–Kier alpha value is -2.43. The van der Waals surface area contributed by atoms with Crippen LogP contribution in [0.5, 0.6) is 0 Å². The number of benzene rings is 1. The minimum Gasteiger partial charge on any atom is -0.308 e. The van der Waals surface area contributed by atoms with Crippen LogP contribution in [0.25, 0.3) is 0 Å². The monoisotopic (exact) mass is 452 g/mol. The fourth-order valence-corrected chi connectivity index (χ4v) is 6.10. The van der Waals surface area contributed by atoms with Crippen molar-refractivity contribution in [1.82, 2.24) is 10.4 Å². The molecule has 7 nitrogen and oxygen atoms in total. The number of hydrogen-bond donors (Lipinski definition) is 1.